The molecule has 0 unspecified atom stereocenters. The minimum absolute atomic E-state index is 0.505. The van der Waals surface area contributed by atoms with Gasteiger partial charge in [-0.1, -0.05) is 0 Å². The maximum Gasteiger partial charge on any atom is 0.187 e. The van der Waals surface area contributed by atoms with Crippen LogP contribution in [0.5, 0.6) is 0 Å². The molecule has 0 radical (unpaired) electrons. The number of ether oxygens (including phenoxy) is 5. The lowest BCUT2D eigenvalue weighted by Gasteiger charge is -2.46. The van der Waals surface area contributed by atoms with Gasteiger partial charge in [0.1, 0.15) is 48.8 Å². The third kappa shape index (κ3) is 4.12. The second kappa shape index (κ2) is 8.97. The van der Waals surface area contributed by atoms with Gasteiger partial charge in [-0.15, -0.1) is 0 Å². The molecule has 2 heterocycles. The van der Waals surface area contributed by atoms with Gasteiger partial charge in [-0.05, 0) is 0 Å². The summed E-state index contributed by atoms with van der Waals surface area (Å²) >= 11 is 0. The van der Waals surface area contributed by atoms with E-state index in [0.717, 1.165) is 0 Å². The van der Waals surface area contributed by atoms with Crippen LogP contribution in [0.1, 0.15) is 0 Å². The normalized spacial score (nSPS) is 48.5. The van der Waals surface area contributed by atoms with Crippen LogP contribution >= 0.6 is 0 Å². The molecular weight excluding hydrogens is 344 g/mol. The summed E-state index contributed by atoms with van der Waals surface area (Å²) in [5.74, 6) is 0. The second-order valence-corrected chi connectivity index (χ2v) is 5.95. The highest BCUT2D eigenvalue weighted by Crippen LogP contribution is 2.30. The summed E-state index contributed by atoms with van der Waals surface area (Å²) in [5.41, 5.74) is 0. The van der Waals surface area contributed by atoms with Crippen LogP contribution in [0.2, 0.25) is 0 Å². The van der Waals surface area contributed by atoms with Crippen molar-refractivity contribution in [1.82, 2.24) is 0 Å². The Bertz CT molecular complexity index is 408. The summed E-state index contributed by atoms with van der Waals surface area (Å²) in [5, 5.41) is 58.7. The Balaban J connectivity index is 2.17. The molecule has 11 nitrogen and oxygen atoms in total. The molecule has 0 saturated carbocycles. The number of aliphatic hydroxyl groups is 6. The van der Waals surface area contributed by atoms with E-state index in [0.29, 0.717) is 0 Å². The molecule has 0 aliphatic carbocycles. The van der Waals surface area contributed by atoms with Crippen molar-refractivity contribution in [3.05, 3.63) is 0 Å². The van der Waals surface area contributed by atoms with Gasteiger partial charge in [0.2, 0.25) is 0 Å². The van der Waals surface area contributed by atoms with E-state index in [1.54, 1.807) is 0 Å². The lowest BCUT2D eigenvalue weighted by atomic mass is 9.97. The molecule has 0 aromatic rings. The fraction of sp³-hybridized carbons (Fsp3) is 1.00. The molecule has 11 heteroatoms. The fourth-order valence-corrected chi connectivity index (χ4v) is 3.01. The van der Waals surface area contributed by atoms with Crippen LogP contribution in [0.4, 0.5) is 0 Å². The van der Waals surface area contributed by atoms with Crippen LogP contribution in [-0.4, -0.2) is 119 Å². The lowest BCUT2D eigenvalue weighted by Crippen LogP contribution is -2.65. The van der Waals surface area contributed by atoms with Crippen LogP contribution in [0.15, 0.2) is 0 Å². The SMILES string of the molecule is CO[C@H]1O[C@H](CO)[C@@H](O[C@H]2O[C@H](CO)[C@@H](O)[C@H](O)[C@@H]2O)[C@H](OC)[C@@H]1O. The highest BCUT2D eigenvalue weighted by atomic mass is 16.7. The lowest BCUT2D eigenvalue weighted by molar-refractivity contribution is -0.359. The van der Waals surface area contributed by atoms with E-state index in [1.807, 2.05) is 0 Å². The molecule has 0 aromatic carbocycles. The molecule has 10 atom stereocenters. The molecule has 2 aliphatic heterocycles. The minimum atomic E-state index is -1.63. The standard InChI is InChI=1S/C14H26O11/c1-21-12-10(20)13(22-2)24-6(4-16)11(12)25-14-9(19)8(18)7(17)5(3-15)23-14/h5-20H,3-4H2,1-2H3/t5-,6-,7-,8+,9+,10+,11-,12-,13+,14-/m1/s1. The summed E-state index contributed by atoms with van der Waals surface area (Å²) in [4.78, 5) is 0. The summed E-state index contributed by atoms with van der Waals surface area (Å²) in [6.07, 6.45) is -12.8. The van der Waals surface area contributed by atoms with Crippen molar-refractivity contribution < 1.29 is 54.3 Å². The molecule has 6 N–H and O–H groups in total. The van der Waals surface area contributed by atoms with Crippen molar-refractivity contribution in [1.29, 1.82) is 0 Å². The van der Waals surface area contributed by atoms with E-state index >= 15 is 0 Å². The van der Waals surface area contributed by atoms with Gasteiger partial charge >= 0.3 is 0 Å². The Morgan fingerprint density at radius 2 is 1.28 bits per heavy atom. The van der Waals surface area contributed by atoms with Crippen molar-refractivity contribution in [2.75, 3.05) is 27.4 Å². The van der Waals surface area contributed by atoms with E-state index < -0.39 is 74.6 Å². The van der Waals surface area contributed by atoms with E-state index in [1.165, 1.54) is 14.2 Å². The van der Waals surface area contributed by atoms with E-state index in [2.05, 4.69) is 0 Å². The molecule has 25 heavy (non-hydrogen) atoms. The first-order chi connectivity index (χ1) is 11.9. The van der Waals surface area contributed by atoms with Gasteiger partial charge in [0.15, 0.2) is 12.6 Å². The zero-order chi connectivity index (χ0) is 18.7. The van der Waals surface area contributed by atoms with Crippen LogP contribution in [0.3, 0.4) is 0 Å². The number of methoxy groups -OCH3 is 2. The monoisotopic (exact) mass is 370 g/mol. The smallest absolute Gasteiger partial charge is 0.187 e. The zero-order valence-electron chi connectivity index (χ0n) is 13.9. The first-order valence-corrected chi connectivity index (χ1v) is 7.85. The maximum atomic E-state index is 10.2. The molecule has 0 amide bonds. The van der Waals surface area contributed by atoms with Crippen molar-refractivity contribution >= 4 is 0 Å². The molecule has 2 fully saturated rings. The van der Waals surface area contributed by atoms with Crippen molar-refractivity contribution in [3.63, 3.8) is 0 Å². The summed E-state index contributed by atoms with van der Waals surface area (Å²) in [7, 11) is 2.62. The molecule has 2 aliphatic rings. The highest BCUT2D eigenvalue weighted by molar-refractivity contribution is 4.94. The van der Waals surface area contributed by atoms with Crippen LogP contribution in [0, 0.1) is 0 Å². The Morgan fingerprint density at radius 3 is 1.80 bits per heavy atom. The summed E-state index contributed by atoms with van der Waals surface area (Å²) in [6, 6.07) is 0. The first-order valence-electron chi connectivity index (χ1n) is 7.85. The van der Waals surface area contributed by atoms with Crippen LogP contribution in [0.25, 0.3) is 0 Å². The average Bonchev–Trinajstić information content (AvgIpc) is 2.62. The fourth-order valence-electron chi connectivity index (χ4n) is 3.01. The molecule has 148 valence electrons. The average molecular weight is 370 g/mol. The van der Waals surface area contributed by atoms with Crippen molar-refractivity contribution in [3.8, 4) is 0 Å². The maximum absolute atomic E-state index is 10.2. The molecule has 0 bridgehead atoms. The largest absolute Gasteiger partial charge is 0.394 e. The quantitative estimate of drug-likeness (QED) is 0.269. The van der Waals surface area contributed by atoms with E-state index in [-0.39, 0.29) is 0 Å². The van der Waals surface area contributed by atoms with E-state index in [9.17, 15) is 30.6 Å². The molecule has 2 rings (SSSR count). The van der Waals surface area contributed by atoms with Crippen molar-refractivity contribution in [2.45, 2.75) is 61.4 Å². The summed E-state index contributed by atoms with van der Waals surface area (Å²) < 4.78 is 26.4. The molecule has 0 spiro atoms. The first kappa shape index (κ1) is 20.9. The van der Waals surface area contributed by atoms with Crippen LogP contribution in [-0.2, 0) is 23.7 Å². The third-order valence-corrected chi connectivity index (χ3v) is 4.44. The molecule has 2 saturated heterocycles. The molecule has 0 aromatic heterocycles. The zero-order valence-corrected chi connectivity index (χ0v) is 13.9. The Hall–Kier alpha value is -0.440. The van der Waals surface area contributed by atoms with Gasteiger partial charge < -0.3 is 54.3 Å². The van der Waals surface area contributed by atoms with Gasteiger partial charge in [0, 0.05) is 14.2 Å². The third-order valence-electron chi connectivity index (χ3n) is 4.44. The van der Waals surface area contributed by atoms with Crippen LogP contribution < -0.4 is 0 Å². The number of rotatable bonds is 6. The number of hydrogen-bond acceptors (Lipinski definition) is 11. The predicted octanol–water partition coefficient (Wildman–Crippen LogP) is -4.09. The van der Waals surface area contributed by atoms with Gasteiger partial charge in [-0.2, -0.15) is 0 Å². The Labute approximate surface area is 144 Å². The van der Waals surface area contributed by atoms with Gasteiger partial charge in [0.05, 0.1) is 13.2 Å². The van der Waals surface area contributed by atoms with Gasteiger partial charge in [0.25, 0.3) is 0 Å². The van der Waals surface area contributed by atoms with E-state index in [4.69, 9.17) is 23.7 Å². The highest BCUT2D eigenvalue weighted by Gasteiger charge is 2.51. The Kier molecular flexibility index (Phi) is 7.49. The number of hydrogen-bond donors (Lipinski definition) is 6. The number of aliphatic hydroxyl groups excluding tert-OH is 6. The van der Waals surface area contributed by atoms with Gasteiger partial charge in [-0.3, -0.25) is 0 Å². The predicted molar refractivity (Wildman–Crippen MR) is 78.2 cm³/mol. The second-order valence-electron chi connectivity index (χ2n) is 5.95. The van der Waals surface area contributed by atoms with Crippen molar-refractivity contribution in [2.24, 2.45) is 0 Å². The topological polar surface area (TPSA) is 168 Å². The minimum Gasteiger partial charge on any atom is -0.394 e. The molecular formula is C14H26O11. The Morgan fingerprint density at radius 1 is 0.680 bits per heavy atom. The summed E-state index contributed by atoms with van der Waals surface area (Å²) in [6.45, 7) is -1.12. The van der Waals surface area contributed by atoms with Gasteiger partial charge in [-0.25, -0.2) is 0 Å².